The van der Waals surface area contributed by atoms with Crippen molar-refractivity contribution in [3.63, 3.8) is 0 Å². The second kappa shape index (κ2) is 9.20. The Bertz CT molecular complexity index is 672. The Hall–Kier alpha value is -1.59. The number of piperazine rings is 1. The van der Waals surface area contributed by atoms with Gasteiger partial charge in [-0.2, -0.15) is 0 Å². The van der Waals surface area contributed by atoms with E-state index in [9.17, 15) is 4.79 Å². The van der Waals surface area contributed by atoms with Crippen molar-refractivity contribution in [3.05, 3.63) is 70.7 Å². The summed E-state index contributed by atoms with van der Waals surface area (Å²) in [6.45, 7) is 3.34. The Morgan fingerprint density at radius 2 is 1.52 bits per heavy atom. The summed E-state index contributed by atoms with van der Waals surface area (Å²) in [5, 5.41) is 9.69. The van der Waals surface area contributed by atoms with E-state index >= 15 is 0 Å². The molecule has 134 valence electrons. The van der Waals surface area contributed by atoms with Gasteiger partial charge in [0.2, 0.25) is 0 Å². The maximum atomic E-state index is 10.9. The molecule has 1 N–H and O–H groups in total. The van der Waals surface area contributed by atoms with Crippen molar-refractivity contribution in [2.24, 2.45) is 0 Å². The van der Waals surface area contributed by atoms with Crippen LogP contribution in [0.3, 0.4) is 0 Å². The maximum Gasteiger partial charge on any atom is 0.317 e. The number of nitrogens with zero attached hydrogens (tertiary/aromatic N) is 2. The molecule has 0 aromatic heterocycles. The van der Waals surface area contributed by atoms with Crippen LogP contribution in [0.5, 0.6) is 0 Å². The molecule has 1 heterocycles. The molecule has 3 rings (SSSR count). The van der Waals surface area contributed by atoms with Crippen LogP contribution in [-0.2, 0) is 4.79 Å². The van der Waals surface area contributed by atoms with Gasteiger partial charge in [0.15, 0.2) is 0 Å². The standard InChI is InChI=1S/C19H21ClN2O2.ClH/c20-17-8-6-16(7-9-17)19(15-4-2-1-3-5-15)22-12-10-21(11-13-22)14-18(23)24;/h1-9,19H,10-14H2,(H,23,24);1H. The molecule has 4 nitrogen and oxygen atoms in total. The van der Waals surface area contributed by atoms with Gasteiger partial charge in [0.05, 0.1) is 12.6 Å². The minimum absolute atomic E-state index is 0. The molecule has 1 fully saturated rings. The summed E-state index contributed by atoms with van der Waals surface area (Å²) in [7, 11) is 0. The number of rotatable bonds is 5. The average Bonchev–Trinajstić information content (AvgIpc) is 2.59. The van der Waals surface area contributed by atoms with Gasteiger partial charge >= 0.3 is 5.97 Å². The van der Waals surface area contributed by atoms with Crippen molar-refractivity contribution in [1.82, 2.24) is 9.80 Å². The zero-order valence-corrected chi connectivity index (χ0v) is 15.4. The van der Waals surface area contributed by atoms with Gasteiger partial charge in [-0.25, -0.2) is 0 Å². The molecule has 25 heavy (non-hydrogen) atoms. The summed E-state index contributed by atoms with van der Waals surface area (Å²) in [4.78, 5) is 15.3. The van der Waals surface area contributed by atoms with Gasteiger partial charge in [-0.05, 0) is 23.3 Å². The van der Waals surface area contributed by atoms with Crippen molar-refractivity contribution < 1.29 is 9.90 Å². The van der Waals surface area contributed by atoms with Crippen LogP contribution in [0.2, 0.25) is 5.02 Å². The Balaban J connectivity index is 0.00000225. The second-order valence-electron chi connectivity index (χ2n) is 6.07. The van der Waals surface area contributed by atoms with Gasteiger partial charge in [0, 0.05) is 31.2 Å². The monoisotopic (exact) mass is 380 g/mol. The van der Waals surface area contributed by atoms with E-state index in [1.165, 1.54) is 11.1 Å². The Morgan fingerprint density at radius 1 is 0.960 bits per heavy atom. The molecule has 1 aliphatic rings. The third kappa shape index (κ3) is 5.19. The molecule has 6 heteroatoms. The predicted molar refractivity (Wildman–Crippen MR) is 103 cm³/mol. The smallest absolute Gasteiger partial charge is 0.317 e. The highest BCUT2D eigenvalue weighted by molar-refractivity contribution is 6.30. The van der Waals surface area contributed by atoms with Gasteiger partial charge in [-0.1, -0.05) is 54.1 Å². The fourth-order valence-corrected chi connectivity index (χ4v) is 3.39. The Labute approximate surface area is 159 Å². The summed E-state index contributed by atoms with van der Waals surface area (Å²) in [6.07, 6.45) is 0. The van der Waals surface area contributed by atoms with Crippen molar-refractivity contribution >= 4 is 30.0 Å². The third-order valence-corrected chi connectivity index (χ3v) is 4.68. The van der Waals surface area contributed by atoms with Gasteiger partial charge in [0.1, 0.15) is 0 Å². The molecule has 1 saturated heterocycles. The van der Waals surface area contributed by atoms with Crippen LogP contribution in [-0.4, -0.2) is 53.6 Å². The van der Waals surface area contributed by atoms with E-state index in [0.717, 1.165) is 31.2 Å². The number of aliphatic carboxylic acids is 1. The van der Waals surface area contributed by atoms with Crippen LogP contribution in [0.1, 0.15) is 17.2 Å². The number of halogens is 2. The first-order chi connectivity index (χ1) is 11.6. The largest absolute Gasteiger partial charge is 0.480 e. The minimum Gasteiger partial charge on any atom is -0.480 e. The molecule has 2 aromatic rings. The molecule has 0 radical (unpaired) electrons. The lowest BCUT2D eigenvalue weighted by atomic mass is 9.96. The first kappa shape index (κ1) is 19.7. The summed E-state index contributed by atoms with van der Waals surface area (Å²) < 4.78 is 0. The first-order valence-corrected chi connectivity index (χ1v) is 8.50. The molecule has 1 atom stereocenters. The van der Waals surface area contributed by atoms with Crippen LogP contribution < -0.4 is 0 Å². The van der Waals surface area contributed by atoms with Crippen molar-refractivity contribution in [3.8, 4) is 0 Å². The Morgan fingerprint density at radius 3 is 2.08 bits per heavy atom. The average molecular weight is 381 g/mol. The fourth-order valence-electron chi connectivity index (χ4n) is 3.27. The van der Waals surface area contributed by atoms with Crippen molar-refractivity contribution in [1.29, 1.82) is 0 Å². The molecule has 1 unspecified atom stereocenters. The Kier molecular flexibility index (Phi) is 7.26. The lowest BCUT2D eigenvalue weighted by molar-refractivity contribution is -0.138. The summed E-state index contributed by atoms with van der Waals surface area (Å²) in [5.74, 6) is -0.763. The van der Waals surface area contributed by atoms with E-state index in [1.54, 1.807) is 0 Å². The maximum absolute atomic E-state index is 10.9. The molecule has 1 aliphatic heterocycles. The van der Waals surface area contributed by atoms with E-state index in [4.69, 9.17) is 16.7 Å². The van der Waals surface area contributed by atoms with Crippen LogP contribution in [0.25, 0.3) is 0 Å². The van der Waals surface area contributed by atoms with E-state index < -0.39 is 5.97 Å². The highest BCUT2D eigenvalue weighted by atomic mass is 35.5. The molecular weight excluding hydrogens is 359 g/mol. The van der Waals surface area contributed by atoms with E-state index in [-0.39, 0.29) is 25.0 Å². The van der Waals surface area contributed by atoms with Crippen LogP contribution >= 0.6 is 24.0 Å². The number of carboxylic acids is 1. The van der Waals surface area contributed by atoms with Crippen molar-refractivity contribution in [2.45, 2.75) is 6.04 Å². The number of hydrogen-bond acceptors (Lipinski definition) is 3. The van der Waals surface area contributed by atoms with Gasteiger partial charge in [0.25, 0.3) is 0 Å². The van der Waals surface area contributed by atoms with E-state index in [0.29, 0.717) is 0 Å². The molecular formula is C19H22Cl2N2O2. The SMILES string of the molecule is Cl.O=C(O)CN1CCN(C(c2ccccc2)c2ccc(Cl)cc2)CC1. The summed E-state index contributed by atoms with van der Waals surface area (Å²) in [6, 6.07) is 18.6. The highest BCUT2D eigenvalue weighted by Gasteiger charge is 2.26. The lowest BCUT2D eigenvalue weighted by Gasteiger charge is -2.39. The highest BCUT2D eigenvalue weighted by Crippen LogP contribution is 2.30. The van der Waals surface area contributed by atoms with E-state index in [1.807, 2.05) is 23.1 Å². The molecule has 0 amide bonds. The fraction of sp³-hybridized carbons (Fsp3) is 0.316. The molecule has 0 spiro atoms. The van der Waals surface area contributed by atoms with Gasteiger partial charge in [-0.3, -0.25) is 14.6 Å². The van der Waals surface area contributed by atoms with Gasteiger partial charge in [-0.15, -0.1) is 12.4 Å². The zero-order valence-electron chi connectivity index (χ0n) is 13.8. The molecule has 0 aliphatic carbocycles. The summed E-state index contributed by atoms with van der Waals surface area (Å²) >= 11 is 6.04. The quantitative estimate of drug-likeness (QED) is 0.860. The van der Waals surface area contributed by atoms with E-state index in [2.05, 4.69) is 41.3 Å². The third-order valence-electron chi connectivity index (χ3n) is 4.43. The first-order valence-electron chi connectivity index (χ1n) is 8.12. The zero-order chi connectivity index (χ0) is 16.9. The topological polar surface area (TPSA) is 43.8 Å². The minimum atomic E-state index is -0.763. The number of carbonyl (C=O) groups is 1. The van der Waals surface area contributed by atoms with Crippen LogP contribution in [0.4, 0.5) is 0 Å². The molecule has 2 aromatic carbocycles. The number of carboxylic acid groups (broad SMARTS) is 1. The predicted octanol–water partition coefficient (Wildman–Crippen LogP) is 3.55. The van der Waals surface area contributed by atoms with Crippen molar-refractivity contribution in [2.75, 3.05) is 32.7 Å². The number of benzene rings is 2. The second-order valence-corrected chi connectivity index (χ2v) is 6.51. The normalized spacial score (nSPS) is 16.8. The lowest BCUT2D eigenvalue weighted by Crippen LogP contribution is -2.49. The van der Waals surface area contributed by atoms with Gasteiger partial charge < -0.3 is 5.11 Å². The van der Waals surface area contributed by atoms with Crippen LogP contribution in [0, 0.1) is 0 Å². The molecule has 0 bridgehead atoms. The summed E-state index contributed by atoms with van der Waals surface area (Å²) in [5.41, 5.74) is 2.45. The molecule has 0 saturated carbocycles. The van der Waals surface area contributed by atoms with Crippen LogP contribution in [0.15, 0.2) is 54.6 Å². The number of hydrogen-bond donors (Lipinski definition) is 1.